The minimum absolute atomic E-state index is 0.0125. The van der Waals surface area contributed by atoms with Crippen molar-refractivity contribution in [3.05, 3.63) is 35.9 Å². The quantitative estimate of drug-likeness (QED) is 0.271. The van der Waals surface area contributed by atoms with Gasteiger partial charge in [0.2, 0.25) is 17.7 Å². The number of amides is 4. The molecule has 0 aromatic heterocycles. The van der Waals surface area contributed by atoms with Crippen molar-refractivity contribution in [3.8, 4) is 0 Å². The predicted octanol–water partition coefficient (Wildman–Crippen LogP) is 2.37. The summed E-state index contributed by atoms with van der Waals surface area (Å²) < 4.78 is 17.3. The molecule has 11 nitrogen and oxygen atoms in total. The maximum Gasteiger partial charge on any atom is 0.478 e. The van der Waals surface area contributed by atoms with Gasteiger partial charge < -0.3 is 35.3 Å². The molecule has 236 valence electrons. The molecule has 2 bridgehead atoms. The zero-order valence-corrected chi connectivity index (χ0v) is 26.4. The molecule has 1 aliphatic heterocycles. The first-order chi connectivity index (χ1) is 20.3. The first-order valence-corrected chi connectivity index (χ1v) is 15.4. The Bertz CT molecular complexity index is 1180. The van der Waals surface area contributed by atoms with E-state index in [9.17, 15) is 19.2 Å². The summed E-state index contributed by atoms with van der Waals surface area (Å²) in [4.78, 5) is 51.8. The lowest BCUT2D eigenvalue weighted by Crippen LogP contribution is -2.65. The van der Waals surface area contributed by atoms with Crippen LogP contribution in [-0.4, -0.2) is 74.3 Å². The lowest BCUT2D eigenvalue weighted by atomic mass is 9.43. The standard InChI is InChI=1S/C31H47BN4O7/c1-8-21(26(37)33-17-32-42-24-16-20-15-23(30(20,4)5)31(24,6)43-32)34-27(38)22(14-19-12-10-9-11-13-19)35-28(39)25(18(2)3)36-29(40)41-7/h9-13,18,20-25H,8,14-17H2,1-7H3,(H,33,37)(H,34,38)(H,35,39)(H,36,40)/t20-,21-,22?,23?,24+,25-,31-/m0/s1. The van der Waals surface area contributed by atoms with E-state index in [4.69, 9.17) is 9.31 Å². The minimum Gasteiger partial charge on any atom is -0.453 e. The second-order valence-corrected chi connectivity index (χ2v) is 13.2. The summed E-state index contributed by atoms with van der Waals surface area (Å²) in [6.45, 7) is 12.1. The first-order valence-electron chi connectivity index (χ1n) is 15.4. The largest absolute Gasteiger partial charge is 0.478 e. The van der Waals surface area contributed by atoms with Gasteiger partial charge in [-0.25, -0.2) is 4.79 Å². The fourth-order valence-corrected chi connectivity index (χ4v) is 7.01. The van der Waals surface area contributed by atoms with Crippen LogP contribution in [0.5, 0.6) is 0 Å². The monoisotopic (exact) mass is 598 g/mol. The molecule has 4 amide bonds. The van der Waals surface area contributed by atoms with Crippen molar-refractivity contribution >= 4 is 30.9 Å². The van der Waals surface area contributed by atoms with E-state index in [0.717, 1.165) is 18.4 Å². The molecule has 4 aliphatic rings. The molecular weight excluding hydrogens is 551 g/mol. The number of ether oxygens (including phenoxy) is 1. The van der Waals surface area contributed by atoms with E-state index < -0.39 is 43.2 Å². The Kier molecular flexibility index (Phi) is 10.1. The SMILES string of the molecule is CC[C@H](NC(=O)C(Cc1ccccc1)NC(=O)[C@@H](NC(=O)OC)C(C)C)C(=O)NCB1O[C@@H]2C[C@@H]3CC(C3(C)C)[C@]2(C)O1. The Balaban J connectivity index is 1.37. The molecule has 7 atom stereocenters. The van der Waals surface area contributed by atoms with Crippen molar-refractivity contribution in [2.75, 3.05) is 13.6 Å². The fourth-order valence-electron chi connectivity index (χ4n) is 7.01. The lowest BCUT2D eigenvalue weighted by molar-refractivity contribution is -0.199. The summed E-state index contributed by atoms with van der Waals surface area (Å²) in [5.74, 6) is -0.610. The van der Waals surface area contributed by atoms with Gasteiger partial charge in [0.1, 0.15) is 18.1 Å². The smallest absolute Gasteiger partial charge is 0.453 e. The van der Waals surface area contributed by atoms with Gasteiger partial charge in [0.15, 0.2) is 0 Å². The Morgan fingerprint density at radius 3 is 2.26 bits per heavy atom. The van der Waals surface area contributed by atoms with Crippen LogP contribution in [0.1, 0.15) is 66.4 Å². The Morgan fingerprint density at radius 2 is 1.65 bits per heavy atom. The minimum atomic E-state index is -0.989. The van der Waals surface area contributed by atoms with Crippen molar-refractivity contribution in [1.29, 1.82) is 0 Å². The molecule has 4 N–H and O–H groups in total. The van der Waals surface area contributed by atoms with Gasteiger partial charge in [0, 0.05) is 6.42 Å². The van der Waals surface area contributed by atoms with Gasteiger partial charge in [-0.1, -0.05) is 65.0 Å². The second kappa shape index (κ2) is 13.3. The highest BCUT2D eigenvalue weighted by Gasteiger charge is 2.67. The third kappa shape index (κ3) is 7.01. The van der Waals surface area contributed by atoms with Gasteiger partial charge in [-0.3, -0.25) is 14.4 Å². The number of methoxy groups -OCH3 is 1. The number of hydrogen-bond donors (Lipinski definition) is 4. The van der Waals surface area contributed by atoms with Crippen molar-refractivity contribution in [3.63, 3.8) is 0 Å². The van der Waals surface area contributed by atoms with Crippen LogP contribution in [0.2, 0.25) is 0 Å². The molecule has 0 spiro atoms. The maximum atomic E-state index is 13.5. The molecule has 12 heteroatoms. The van der Waals surface area contributed by atoms with Gasteiger partial charge in [-0.15, -0.1) is 0 Å². The maximum absolute atomic E-state index is 13.5. The van der Waals surface area contributed by atoms with E-state index in [2.05, 4.69) is 46.8 Å². The number of hydrogen-bond acceptors (Lipinski definition) is 7. The number of alkyl carbamates (subject to hydrolysis) is 1. The van der Waals surface area contributed by atoms with Gasteiger partial charge >= 0.3 is 13.2 Å². The van der Waals surface area contributed by atoms with Crippen LogP contribution in [0.15, 0.2) is 30.3 Å². The zero-order chi connectivity index (χ0) is 31.5. The number of carbonyl (C=O) groups excluding carboxylic acids is 4. The Hall–Kier alpha value is -3.12. The van der Waals surface area contributed by atoms with Crippen LogP contribution in [0.4, 0.5) is 4.79 Å². The fraction of sp³-hybridized carbons (Fsp3) is 0.677. The van der Waals surface area contributed by atoms with Crippen LogP contribution in [-0.2, 0) is 34.9 Å². The lowest BCUT2D eigenvalue weighted by Gasteiger charge is -2.64. The summed E-state index contributed by atoms with van der Waals surface area (Å²) in [6, 6.07) is 6.52. The molecule has 1 heterocycles. The van der Waals surface area contributed by atoms with Crippen LogP contribution < -0.4 is 21.3 Å². The van der Waals surface area contributed by atoms with E-state index >= 15 is 0 Å². The van der Waals surface area contributed by atoms with E-state index in [1.54, 1.807) is 20.8 Å². The van der Waals surface area contributed by atoms with E-state index in [0.29, 0.717) is 18.3 Å². The highest BCUT2D eigenvalue weighted by atomic mass is 16.7. The molecule has 5 rings (SSSR count). The molecule has 4 fully saturated rings. The number of nitrogens with one attached hydrogen (secondary N) is 4. The second-order valence-electron chi connectivity index (χ2n) is 13.2. The van der Waals surface area contributed by atoms with Crippen molar-refractivity contribution in [1.82, 2.24) is 21.3 Å². The van der Waals surface area contributed by atoms with Crippen molar-refractivity contribution in [2.45, 2.75) is 97.1 Å². The first kappa shape index (κ1) is 32.8. The van der Waals surface area contributed by atoms with E-state index in [1.165, 1.54) is 7.11 Å². The average Bonchev–Trinajstić information content (AvgIpc) is 3.33. The van der Waals surface area contributed by atoms with Gasteiger partial charge in [-0.05, 0) is 54.9 Å². The summed E-state index contributed by atoms with van der Waals surface area (Å²) in [5, 5.41) is 11.0. The average molecular weight is 599 g/mol. The van der Waals surface area contributed by atoms with Gasteiger partial charge in [0.25, 0.3) is 0 Å². The highest BCUT2D eigenvalue weighted by Crippen LogP contribution is 2.65. The Labute approximate surface area is 255 Å². The van der Waals surface area contributed by atoms with Gasteiger partial charge in [0.05, 0.1) is 25.3 Å². The molecular formula is C31H47BN4O7. The molecule has 3 saturated carbocycles. The highest BCUT2D eigenvalue weighted by molar-refractivity contribution is 6.46. The van der Waals surface area contributed by atoms with Crippen molar-refractivity contribution < 1.29 is 33.2 Å². The molecule has 43 heavy (non-hydrogen) atoms. The van der Waals surface area contributed by atoms with Crippen molar-refractivity contribution in [2.24, 2.45) is 23.2 Å². The summed E-state index contributed by atoms with van der Waals surface area (Å²) in [6.07, 6.45) is 2.08. The third-order valence-corrected chi connectivity index (χ3v) is 9.81. The van der Waals surface area contributed by atoms with Gasteiger partial charge in [-0.2, -0.15) is 0 Å². The topological polar surface area (TPSA) is 144 Å². The predicted molar refractivity (Wildman–Crippen MR) is 162 cm³/mol. The molecule has 3 aliphatic carbocycles. The van der Waals surface area contributed by atoms with E-state index in [-0.39, 0.29) is 41.8 Å². The van der Waals surface area contributed by atoms with Crippen LogP contribution in [0.3, 0.4) is 0 Å². The van der Waals surface area contributed by atoms with Crippen LogP contribution in [0.25, 0.3) is 0 Å². The zero-order valence-electron chi connectivity index (χ0n) is 26.4. The molecule has 2 unspecified atom stereocenters. The summed E-state index contributed by atoms with van der Waals surface area (Å²) in [7, 11) is 0.663. The molecule has 1 saturated heterocycles. The number of rotatable bonds is 12. The van der Waals surface area contributed by atoms with Crippen LogP contribution >= 0.6 is 0 Å². The van der Waals surface area contributed by atoms with E-state index in [1.807, 2.05) is 30.3 Å². The number of benzene rings is 1. The summed E-state index contributed by atoms with van der Waals surface area (Å²) in [5.41, 5.74) is 0.681. The molecule has 1 aromatic rings. The molecule has 0 radical (unpaired) electrons. The normalized spacial score (nSPS) is 27.2. The summed E-state index contributed by atoms with van der Waals surface area (Å²) >= 11 is 0. The van der Waals surface area contributed by atoms with Crippen LogP contribution in [0, 0.1) is 23.2 Å². The molecule has 1 aromatic carbocycles. The Morgan fingerprint density at radius 1 is 0.977 bits per heavy atom. The third-order valence-electron chi connectivity index (χ3n) is 9.81. The number of carbonyl (C=O) groups is 4.